The Kier molecular flexibility index (Phi) is 10.4. The Bertz CT molecular complexity index is 400. The highest BCUT2D eigenvalue weighted by Crippen LogP contribution is 2.00. The molecule has 0 aromatic rings. The van der Waals surface area contributed by atoms with Gasteiger partial charge in [0.15, 0.2) is 0 Å². The van der Waals surface area contributed by atoms with Crippen LogP contribution in [-0.2, 0) is 19.2 Å². The van der Waals surface area contributed by atoms with Crippen LogP contribution >= 0.6 is 0 Å². The Morgan fingerprint density at radius 1 is 1.00 bits per heavy atom. The molecule has 0 saturated carbocycles. The monoisotopic (exact) mass is 315 g/mol. The number of nitrogens with two attached hydrogens (primary N) is 1. The Morgan fingerprint density at radius 3 is 2.18 bits per heavy atom. The summed E-state index contributed by atoms with van der Waals surface area (Å²) in [6.07, 6.45) is 1.79. The zero-order valence-corrected chi connectivity index (χ0v) is 13.0. The van der Waals surface area contributed by atoms with Crippen LogP contribution in [0.15, 0.2) is 0 Å². The van der Waals surface area contributed by atoms with Crippen LogP contribution in [0, 0.1) is 0 Å². The van der Waals surface area contributed by atoms with E-state index in [0.717, 1.165) is 6.42 Å². The van der Waals surface area contributed by atoms with E-state index in [2.05, 4.69) is 21.3 Å². The van der Waals surface area contributed by atoms with Crippen molar-refractivity contribution in [2.24, 2.45) is 5.73 Å². The molecular formula is C13H25N5O4. The second-order valence-corrected chi connectivity index (χ2v) is 4.71. The molecule has 9 nitrogen and oxygen atoms in total. The number of carbonyl (C=O) groups excluding carboxylic acids is 4. The van der Waals surface area contributed by atoms with Crippen LogP contribution < -0.4 is 27.0 Å². The van der Waals surface area contributed by atoms with Crippen LogP contribution in [-0.4, -0.2) is 56.4 Å². The van der Waals surface area contributed by atoms with Gasteiger partial charge in [-0.05, 0) is 25.8 Å². The molecule has 0 spiro atoms. The van der Waals surface area contributed by atoms with Gasteiger partial charge in [0, 0.05) is 14.0 Å². The van der Waals surface area contributed by atoms with Gasteiger partial charge in [-0.15, -0.1) is 0 Å². The Labute approximate surface area is 129 Å². The lowest BCUT2D eigenvalue weighted by Gasteiger charge is -2.18. The summed E-state index contributed by atoms with van der Waals surface area (Å²) < 4.78 is 0. The predicted molar refractivity (Wildman–Crippen MR) is 80.6 cm³/mol. The molecule has 0 bridgehead atoms. The van der Waals surface area contributed by atoms with Gasteiger partial charge < -0.3 is 27.0 Å². The zero-order valence-electron chi connectivity index (χ0n) is 13.0. The van der Waals surface area contributed by atoms with Gasteiger partial charge in [-0.3, -0.25) is 19.2 Å². The quantitative estimate of drug-likeness (QED) is 0.286. The predicted octanol–water partition coefficient (Wildman–Crippen LogP) is -2.40. The molecule has 0 rings (SSSR count). The minimum Gasteiger partial charge on any atom is -0.358 e. The summed E-state index contributed by atoms with van der Waals surface area (Å²) in [5, 5.41) is 9.71. The van der Waals surface area contributed by atoms with Gasteiger partial charge in [0.25, 0.3) is 0 Å². The maximum Gasteiger partial charge on any atom is 0.243 e. The van der Waals surface area contributed by atoms with Crippen molar-refractivity contribution in [2.45, 2.75) is 32.2 Å². The molecular weight excluding hydrogens is 290 g/mol. The maximum atomic E-state index is 12.0. The molecule has 0 aromatic carbocycles. The Morgan fingerprint density at radius 2 is 1.64 bits per heavy atom. The van der Waals surface area contributed by atoms with Crippen molar-refractivity contribution < 1.29 is 19.2 Å². The van der Waals surface area contributed by atoms with Crippen LogP contribution in [0.4, 0.5) is 0 Å². The highest BCUT2D eigenvalue weighted by atomic mass is 16.2. The van der Waals surface area contributed by atoms with Gasteiger partial charge in [0.2, 0.25) is 23.6 Å². The number of hydrogen-bond donors (Lipinski definition) is 5. The molecule has 0 aliphatic carbocycles. The van der Waals surface area contributed by atoms with E-state index in [0.29, 0.717) is 19.4 Å². The number of hydrogen-bond acceptors (Lipinski definition) is 5. The second kappa shape index (κ2) is 11.5. The summed E-state index contributed by atoms with van der Waals surface area (Å²) in [7, 11) is 1.46. The van der Waals surface area contributed by atoms with Crippen molar-refractivity contribution in [3.05, 3.63) is 0 Å². The molecule has 0 saturated heterocycles. The van der Waals surface area contributed by atoms with Crippen LogP contribution in [0.3, 0.4) is 0 Å². The molecule has 1 atom stereocenters. The maximum absolute atomic E-state index is 12.0. The smallest absolute Gasteiger partial charge is 0.243 e. The fraction of sp³-hybridized carbons (Fsp3) is 0.692. The van der Waals surface area contributed by atoms with E-state index in [9.17, 15) is 19.2 Å². The summed E-state index contributed by atoms with van der Waals surface area (Å²) in [5.41, 5.74) is 5.40. The molecule has 0 aliphatic heterocycles. The van der Waals surface area contributed by atoms with Gasteiger partial charge in [-0.1, -0.05) is 0 Å². The molecule has 0 unspecified atom stereocenters. The number of unbranched alkanes of at least 4 members (excludes halogenated alkanes) is 1. The van der Waals surface area contributed by atoms with E-state index in [-0.39, 0.29) is 24.9 Å². The van der Waals surface area contributed by atoms with Gasteiger partial charge >= 0.3 is 0 Å². The standard InChI is InChI=1S/C13H25N5O4/c1-9(19)16-8-12(21)18-10(5-3-4-6-14)13(22)17-7-11(20)15-2/h10H,3-8,14H2,1-2H3,(H,15,20)(H,16,19)(H,17,22)(H,18,21)/t10-/m0/s1. The van der Waals surface area contributed by atoms with Gasteiger partial charge in [-0.2, -0.15) is 0 Å². The second-order valence-electron chi connectivity index (χ2n) is 4.71. The van der Waals surface area contributed by atoms with Gasteiger partial charge in [0.05, 0.1) is 13.1 Å². The highest BCUT2D eigenvalue weighted by molar-refractivity contribution is 5.91. The van der Waals surface area contributed by atoms with Crippen molar-refractivity contribution in [2.75, 3.05) is 26.7 Å². The first-order chi connectivity index (χ1) is 10.4. The molecule has 9 heteroatoms. The SMILES string of the molecule is CNC(=O)CNC(=O)[C@H](CCCCN)NC(=O)CNC(C)=O. The third-order valence-electron chi connectivity index (χ3n) is 2.80. The van der Waals surface area contributed by atoms with Crippen molar-refractivity contribution in [3.8, 4) is 0 Å². The third kappa shape index (κ3) is 9.70. The molecule has 0 fully saturated rings. The first-order valence-corrected chi connectivity index (χ1v) is 7.12. The lowest BCUT2D eigenvalue weighted by molar-refractivity contribution is -0.130. The summed E-state index contributed by atoms with van der Waals surface area (Å²) in [5.74, 6) is -1.59. The fourth-order valence-corrected chi connectivity index (χ4v) is 1.59. The fourth-order valence-electron chi connectivity index (χ4n) is 1.59. The summed E-state index contributed by atoms with van der Waals surface area (Å²) in [6, 6.07) is -0.766. The number of nitrogens with one attached hydrogen (secondary N) is 4. The third-order valence-corrected chi connectivity index (χ3v) is 2.80. The van der Waals surface area contributed by atoms with Crippen molar-refractivity contribution in [3.63, 3.8) is 0 Å². The van der Waals surface area contributed by atoms with Crippen molar-refractivity contribution >= 4 is 23.6 Å². The average molecular weight is 315 g/mol. The molecule has 0 aromatic heterocycles. The number of rotatable bonds is 10. The Hall–Kier alpha value is -2.16. The molecule has 6 N–H and O–H groups in total. The number of amides is 4. The molecule has 4 amide bonds. The minimum atomic E-state index is -0.766. The van der Waals surface area contributed by atoms with Crippen molar-refractivity contribution in [1.82, 2.24) is 21.3 Å². The first kappa shape index (κ1) is 19.8. The van der Waals surface area contributed by atoms with E-state index in [1.807, 2.05) is 0 Å². The van der Waals surface area contributed by atoms with Crippen LogP contribution in [0.25, 0.3) is 0 Å². The van der Waals surface area contributed by atoms with Crippen LogP contribution in [0.5, 0.6) is 0 Å². The van der Waals surface area contributed by atoms with Crippen LogP contribution in [0.1, 0.15) is 26.2 Å². The highest BCUT2D eigenvalue weighted by Gasteiger charge is 2.20. The molecule has 0 heterocycles. The van der Waals surface area contributed by atoms with Gasteiger partial charge in [0.1, 0.15) is 6.04 Å². The van der Waals surface area contributed by atoms with Gasteiger partial charge in [-0.25, -0.2) is 0 Å². The number of carbonyl (C=O) groups is 4. The number of likely N-dealkylation sites (N-methyl/N-ethyl adjacent to an activating group) is 1. The lowest BCUT2D eigenvalue weighted by atomic mass is 10.1. The van der Waals surface area contributed by atoms with E-state index in [1.165, 1.54) is 14.0 Å². The molecule has 0 aliphatic rings. The summed E-state index contributed by atoms with van der Waals surface area (Å²) in [6.45, 7) is 1.42. The molecule has 126 valence electrons. The van der Waals surface area contributed by atoms with Crippen LogP contribution in [0.2, 0.25) is 0 Å². The zero-order chi connectivity index (χ0) is 17.0. The minimum absolute atomic E-state index is 0.162. The topological polar surface area (TPSA) is 142 Å². The largest absolute Gasteiger partial charge is 0.358 e. The first-order valence-electron chi connectivity index (χ1n) is 7.12. The summed E-state index contributed by atoms with van der Waals surface area (Å²) in [4.78, 5) is 45.6. The van der Waals surface area contributed by atoms with E-state index >= 15 is 0 Å². The lowest BCUT2D eigenvalue weighted by Crippen LogP contribution is -2.50. The summed E-state index contributed by atoms with van der Waals surface area (Å²) >= 11 is 0. The van der Waals surface area contributed by atoms with E-state index < -0.39 is 17.9 Å². The normalized spacial score (nSPS) is 11.2. The molecule has 22 heavy (non-hydrogen) atoms. The van der Waals surface area contributed by atoms with E-state index in [4.69, 9.17) is 5.73 Å². The molecule has 0 radical (unpaired) electrons. The Balaban J connectivity index is 4.45. The van der Waals surface area contributed by atoms with Crippen molar-refractivity contribution in [1.29, 1.82) is 0 Å². The average Bonchev–Trinajstić information content (AvgIpc) is 2.49. The van der Waals surface area contributed by atoms with E-state index in [1.54, 1.807) is 0 Å².